The number of aromatic nitrogens is 2. The van der Waals surface area contributed by atoms with E-state index in [1.807, 2.05) is 18.2 Å². The van der Waals surface area contributed by atoms with Crippen molar-refractivity contribution in [2.24, 2.45) is 5.10 Å². The molecule has 178 valence electrons. The number of nitrogens with zero attached hydrogens (tertiary/aromatic N) is 2. The van der Waals surface area contributed by atoms with Crippen molar-refractivity contribution >= 4 is 40.9 Å². The van der Waals surface area contributed by atoms with Crippen LogP contribution in [0.4, 0.5) is 0 Å². The van der Waals surface area contributed by atoms with Crippen LogP contribution in [0.3, 0.4) is 0 Å². The number of aliphatic carboxylic acids is 1. The van der Waals surface area contributed by atoms with E-state index in [-0.39, 0.29) is 11.7 Å². The number of fused-ring (bicyclic) bond motifs is 1. The molecule has 0 radical (unpaired) electrons. The van der Waals surface area contributed by atoms with Gasteiger partial charge < -0.3 is 9.84 Å². The highest BCUT2D eigenvalue weighted by Crippen LogP contribution is 2.19. The van der Waals surface area contributed by atoms with Crippen LogP contribution in [0, 0.1) is 6.92 Å². The SMILES string of the molecule is Cc1ccc(C[n+]2c(SCC(=O)NN=Cc3ccccc3OCC(=O)O)[nH]c3ccccc32)cc1. The molecule has 0 atom stereocenters. The topological polar surface area (TPSA) is 108 Å². The van der Waals surface area contributed by atoms with Crippen LogP contribution in [0.5, 0.6) is 5.75 Å². The van der Waals surface area contributed by atoms with Crippen LogP contribution < -0.4 is 14.7 Å². The van der Waals surface area contributed by atoms with Crippen molar-refractivity contribution in [1.82, 2.24) is 10.4 Å². The molecule has 0 unspecified atom stereocenters. The van der Waals surface area contributed by atoms with Gasteiger partial charge in [-0.25, -0.2) is 19.8 Å². The zero-order valence-corrected chi connectivity index (χ0v) is 19.9. The summed E-state index contributed by atoms with van der Waals surface area (Å²) >= 11 is 1.40. The van der Waals surface area contributed by atoms with Crippen molar-refractivity contribution in [3.05, 3.63) is 89.5 Å². The first kappa shape index (κ1) is 24.0. The smallest absolute Gasteiger partial charge is 0.341 e. The van der Waals surface area contributed by atoms with Gasteiger partial charge in [-0.2, -0.15) is 5.10 Å². The molecule has 0 saturated heterocycles. The van der Waals surface area contributed by atoms with Crippen molar-refractivity contribution < 1.29 is 24.0 Å². The molecule has 0 aliphatic heterocycles. The van der Waals surface area contributed by atoms with Crippen LogP contribution in [0.1, 0.15) is 16.7 Å². The molecule has 0 saturated carbocycles. The van der Waals surface area contributed by atoms with Gasteiger partial charge in [0.2, 0.25) is 0 Å². The summed E-state index contributed by atoms with van der Waals surface area (Å²) < 4.78 is 7.41. The Labute approximate surface area is 206 Å². The maximum absolute atomic E-state index is 12.5. The van der Waals surface area contributed by atoms with E-state index in [2.05, 4.69) is 57.3 Å². The van der Waals surface area contributed by atoms with Gasteiger partial charge in [0.15, 0.2) is 17.6 Å². The van der Waals surface area contributed by atoms with E-state index in [0.29, 0.717) is 17.9 Å². The second-order valence-corrected chi connectivity index (χ2v) is 8.79. The lowest BCUT2D eigenvalue weighted by atomic mass is 10.1. The Bertz CT molecular complexity index is 1370. The Balaban J connectivity index is 1.41. The quantitative estimate of drug-likeness (QED) is 0.137. The lowest BCUT2D eigenvalue weighted by Crippen LogP contribution is -2.36. The van der Waals surface area contributed by atoms with E-state index < -0.39 is 12.6 Å². The summed E-state index contributed by atoms with van der Waals surface area (Å²) in [5.41, 5.74) is 7.52. The molecular weight excluding hydrogens is 464 g/mol. The number of aryl methyl sites for hydroxylation is 1. The number of carbonyl (C=O) groups excluding carboxylic acids is 1. The summed E-state index contributed by atoms with van der Waals surface area (Å²) in [7, 11) is 0. The number of carbonyl (C=O) groups is 2. The molecule has 0 aliphatic rings. The van der Waals surface area contributed by atoms with Crippen LogP contribution in [0.15, 0.2) is 83.1 Å². The lowest BCUT2D eigenvalue weighted by molar-refractivity contribution is -0.700. The van der Waals surface area contributed by atoms with Crippen LogP contribution in [0.2, 0.25) is 0 Å². The van der Waals surface area contributed by atoms with E-state index in [1.54, 1.807) is 24.3 Å². The standard InChI is InChI=1S/C26H24N4O4S/c1-18-10-12-19(13-11-18)15-30-22-8-4-3-7-21(22)28-26(30)35-17-24(31)29-27-14-20-6-2-5-9-23(20)34-16-25(32)33/h2-14H,15-17H2,1H3,(H2,29,31,32,33)/p+1. The molecule has 1 aromatic heterocycles. The third-order valence-electron chi connectivity index (χ3n) is 5.15. The first-order valence-electron chi connectivity index (χ1n) is 10.9. The number of thioether (sulfide) groups is 1. The van der Waals surface area contributed by atoms with Crippen LogP contribution in [-0.4, -0.2) is 40.5 Å². The number of para-hydroxylation sites is 3. The average molecular weight is 490 g/mol. The molecule has 4 rings (SSSR count). The molecule has 0 fully saturated rings. The molecule has 0 spiro atoms. The summed E-state index contributed by atoms with van der Waals surface area (Å²) in [5, 5.41) is 13.7. The first-order chi connectivity index (χ1) is 17.0. The largest absolute Gasteiger partial charge is 0.481 e. The van der Waals surface area contributed by atoms with Crippen molar-refractivity contribution in [1.29, 1.82) is 0 Å². The Morgan fingerprint density at radius 3 is 2.63 bits per heavy atom. The fraction of sp³-hybridized carbons (Fsp3) is 0.154. The molecule has 1 heterocycles. The molecule has 4 aromatic rings. The predicted octanol–water partition coefficient (Wildman–Crippen LogP) is 3.52. The summed E-state index contributed by atoms with van der Waals surface area (Å²) in [5.74, 6) is -0.804. The molecule has 35 heavy (non-hydrogen) atoms. The Hall–Kier alpha value is -4.11. The Morgan fingerprint density at radius 2 is 1.83 bits per heavy atom. The first-order valence-corrected chi connectivity index (χ1v) is 11.9. The Morgan fingerprint density at radius 1 is 1.09 bits per heavy atom. The minimum atomic E-state index is -1.07. The van der Waals surface area contributed by atoms with Gasteiger partial charge in [-0.1, -0.05) is 54.1 Å². The zero-order valence-electron chi connectivity index (χ0n) is 19.1. The second-order valence-electron chi connectivity index (χ2n) is 7.82. The number of imidazole rings is 1. The number of benzene rings is 3. The summed E-state index contributed by atoms with van der Waals surface area (Å²) in [6, 6.07) is 23.3. The maximum atomic E-state index is 12.5. The van der Waals surface area contributed by atoms with Crippen molar-refractivity contribution in [2.75, 3.05) is 12.4 Å². The van der Waals surface area contributed by atoms with Crippen LogP contribution in [0.25, 0.3) is 11.0 Å². The lowest BCUT2D eigenvalue weighted by Gasteiger charge is -2.06. The third kappa shape index (κ3) is 6.48. The second kappa shape index (κ2) is 11.3. The Kier molecular flexibility index (Phi) is 7.79. The van der Waals surface area contributed by atoms with Gasteiger partial charge in [-0.3, -0.25) is 4.79 Å². The van der Waals surface area contributed by atoms with Gasteiger partial charge in [-0.05, 0) is 48.5 Å². The highest BCUT2D eigenvalue weighted by Gasteiger charge is 2.20. The summed E-state index contributed by atoms with van der Waals surface area (Å²) in [6.07, 6.45) is 1.43. The number of hydrogen-bond donors (Lipinski definition) is 3. The van der Waals surface area contributed by atoms with Gasteiger partial charge in [0.25, 0.3) is 5.91 Å². The van der Waals surface area contributed by atoms with Gasteiger partial charge in [0.05, 0.1) is 12.0 Å². The number of hydrogen-bond acceptors (Lipinski definition) is 5. The van der Waals surface area contributed by atoms with E-state index in [0.717, 1.165) is 16.2 Å². The summed E-state index contributed by atoms with van der Waals surface area (Å²) in [4.78, 5) is 26.6. The van der Waals surface area contributed by atoms with Crippen LogP contribution in [-0.2, 0) is 16.1 Å². The minimum absolute atomic E-state index is 0.162. The zero-order chi connectivity index (χ0) is 24.6. The monoisotopic (exact) mass is 489 g/mol. The molecular formula is C26H25N4O4S+. The number of ether oxygens (including phenoxy) is 1. The molecule has 3 aromatic carbocycles. The molecule has 8 nitrogen and oxygen atoms in total. The molecule has 0 aliphatic carbocycles. The van der Waals surface area contributed by atoms with Crippen molar-refractivity contribution in [3.63, 3.8) is 0 Å². The van der Waals surface area contributed by atoms with Crippen molar-refractivity contribution in [3.8, 4) is 5.75 Å². The fourth-order valence-electron chi connectivity index (χ4n) is 3.45. The average Bonchev–Trinajstić information content (AvgIpc) is 3.20. The van der Waals surface area contributed by atoms with Crippen molar-refractivity contribution in [2.45, 2.75) is 18.6 Å². The highest BCUT2D eigenvalue weighted by atomic mass is 32.2. The molecule has 9 heteroatoms. The van der Waals surface area contributed by atoms with E-state index >= 15 is 0 Å². The number of nitrogens with one attached hydrogen (secondary N) is 2. The number of aromatic amines is 1. The fourth-order valence-corrected chi connectivity index (χ4v) is 4.29. The molecule has 0 bridgehead atoms. The number of hydrazone groups is 1. The van der Waals surface area contributed by atoms with E-state index in [1.165, 1.54) is 29.1 Å². The van der Waals surface area contributed by atoms with Crippen LogP contribution >= 0.6 is 11.8 Å². The molecule has 1 amide bonds. The van der Waals surface area contributed by atoms with Gasteiger partial charge in [-0.15, -0.1) is 0 Å². The van der Waals surface area contributed by atoms with Gasteiger partial charge in [0, 0.05) is 5.56 Å². The van der Waals surface area contributed by atoms with E-state index in [4.69, 9.17) is 9.84 Å². The summed E-state index contributed by atoms with van der Waals surface area (Å²) in [6.45, 7) is 2.28. The predicted molar refractivity (Wildman–Crippen MR) is 135 cm³/mol. The van der Waals surface area contributed by atoms with Gasteiger partial charge in [0.1, 0.15) is 12.3 Å². The maximum Gasteiger partial charge on any atom is 0.341 e. The van der Waals surface area contributed by atoms with E-state index in [9.17, 15) is 9.59 Å². The minimum Gasteiger partial charge on any atom is -0.481 e. The number of rotatable bonds is 10. The van der Waals surface area contributed by atoms with Gasteiger partial charge >= 0.3 is 11.1 Å². The number of carboxylic acids is 1. The third-order valence-corrected chi connectivity index (χ3v) is 6.15. The normalized spacial score (nSPS) is 11.1. The number of amides is 1. The molecule has 3 N–H and O–H groups in total. The number of carboxylic acid groups (broad SMARTS) is 1. The number of H-pyrrole nitrogens is 1. The highest BCUT2D eigenvalue weighted by molar-refractivity contribution is 7.99.